The van der Waals surface area contributed by atoms with Crippen molar-refractivity contribution >= 4 is 39.5 Å². The van der Waals surface area contributed by atoms with Gasteiger partial charge in [-0.3, -0.25) is 37.3 Å². The fourth-order valence-corrected chi connectivity index (χ4v) is 11.4. The van der Waals surface area contributed by atoms with Crippen molar-refractivity contribution in [1.29, 1.82) is 0 Å². The van der Waals surface area contributed by atoms with Gasteiger partial charge in [-0.05, 0) is 37.5 Å². The highest BCUT2D eigenvalue weighted by molar-refractivity contribution is 7.47. The van der Waals surface area contributed by atoms with Crippen LogP contribution in [0.5, 0.6) is 0 Å². The van der Waals surface area contributed by atoms with Gasteiger partial charge in [0.25, 0.3) is 0 Å². The highest BCUT2D eigenvalue weighted by Gasteiger charge is 2.30. The van der Waals surface area contributed by atoms with Gasteiger partial charge in [0, 0.05) is 25.7 Å². The third kappa shape index (κ3) is 59.5. The van der Waals surface area contributed by atoms with E-state index < -0.39 is 97.5 Å². The molecular formula is C66H128O17P2. The Morgan fingerprint density at radius 1 is 0.341 bits per heavy atom. The zero-order valence-corrected chi connectivity index (χ0v) is 56.7. The third-order valence-corrected chi connectivity index (χ3v) is 17.5. The molecule has 85 heavy (non-hydrogen) atoms. The molecule has 0 radical (unpaired) electrons. The Morgan fingerprint density at radius 3 is 0.894 bits per heavy atom. The highest BCUT2D eigenvalue weighted by Crippen LogP contribution is 2.45. The zero-order chi connectivity index (χ0) is 62.9. The molecule has 6 atom stereocenters. The molecular weight excluding hydrogens is 1130 g/mol. The minimum Gasteiger partial charge on any atom is -0.462 e. The van der Waals surface area contributed by atoms with E-state index in [0.29, 0.717) is 25.7 Å². The molecule has 0 amide bonds. The minimum atomic E-state index is -4.95. The maximum absolute atomic E-state index is 13.0. The lowest BCUT2D eigenvalue weighted by Crippen LogP contribution is -2.30. The first-order valence-electron chi connectivity index (χ1n) is 34.5. The SMILES string of the molecule is CCCCCCCCCCCCCCCCCC(=O)O[C@H](COC(=O)CCCCCCCCCCC(C)C)COP(=O)(O)OC[C@@H](O)COP(=O)(O)OC[C@@H](COC(=O)CCCCCCCCCCC)OC(=O)CCCCCCCCC(C)CC. The molecule has 0 aliphatic rings. The van der Waals surface area contributed by atoms with Crippen LogP contribution in [0.4, 0.5) is 0 Å². The fraction of sp³-hybridized carbons (Fsp3) is 0.939. The fourth-order valence-electron chi connectivity index (χ4n) is 9.85. The molecule has 3 N–H and O–H groups in total. The lowest BCUT2D eigenvalue weighted by atomic mass is 10.00. The monoisotopic (exact) mass is 1250 g/mol. The van der Waals surface area contributed by atoms with Crippen LogP contribution in [0, 0.1) is 11.8 Å². The summed E-state index contributed by atoms with van der Waals surface area (Å²) in [6.45, 7) is 9.42. The topological polar surface area (TPSA) is 237 Å². The van der Waals surface area contributed by atoms with Gasteiger partial charge in [-0.1, -0.05) is 279 Å². The van der Waals surface area contributed by atoms with Crippen molar-refractivity contribution in [2.24, 2.45) is 11.8 Å². The number of unbranched alkanes of at least 4 members (excludes halogenated alkanes) is 34. The number of aliphatic hydroxyl groups excluding tert-OH is 1. The summed E-state index contributed by atoms with van der Waals surface area (Å²) in [5.41, 5.74) is 0. The van der Waals surface area contributed by atoms with Crippen LogP contribution in [0.3, 0.4) is 0 Å². The molecule has 19 heteroatoms. The Hall–Kier alpha value is -1.94. The van der Waals surface area contributed by atoms with Gasteiger partial charge in [0.05, 0.1) is 26.4 Å². The average Bonchev–Trinajstić information content (AvgIpc) is 3.58. The van der Waals surface area contributed by atoms with Crippen molar-refractivity contribution in [1.82, 2.24) is 0 Å². The van der Waals surface area contributed by atoms with Gasteiger partial charge in [0.2, 0.25) is 0 Å². The van der Waals surface area contributed by atoms with Gasteiger partial charge in [0.1, 0.15) is 19.3 Å². The van der Waals surface area contributed by atoms with Gasteiger partial charge in [0.15, 0.2) is 12.2 Å². The number of hydrogen-bond acceptors (Lipinski definition) is 15. The Bertz CT molecular complexity index is 1670. The van der Waals surface area contributed by atoms with Gasteiger partial charge >= 0.3 is 39.5 Å². The molecule has 3 unspecified atom stereocenters. The molecule has 0 heterocycles. The number of carbonyl (C=O) groups is 4. The van der Waals surface area contributed by atoms with E-state index in [-0.39, 0.29) is 25.7 Å². The summed E-state index contributed by atoms with van der Waals surface area (Å²) >= 11 is 0. The lowest BCUT2D eigenvalue weighted by Gasteiger charge is -2.21. The number of esters is 4. The molecule has 0 aromatic heterocycles. The van der Waals surface area contributed by atoms with Crippen LogP contribution in [0.15, 0.2) is 0 Å². The van der Waals surface area contributed by atoms with Crippen LogP contribution in [-0.4, -0.2) is 96.7 Å². The molecule has 0 saturated carbocycles. The second-order valence-electron chi connectivity index (χ2n) is 24.6. The van der Waals surface area contributed by atoms with Crippen molar-refractivity contribution in [3.8, 4) is 0 Å². The smallest absolute Gasteiger partial charge is 0.462 e. The van der Waals surface area contributed by atoms with E-state index in [4.69, 9.17) is 37.0 Å². The maximum atomic E-state index is 13.0. The first-order valence-corrected chi connectivity index (χ1v) is 37.5. The number of carbonyl (C=O) groups excluding carboxylic acids is 4. The van der Waals surface area contributed by atoms with E-state index in [0.717, 1.165) is 102 Å². The molecule has 0 spiro atoms. The van der Waals surface area contributed by atoms with Gasteiger partial charge in [-0.25, -0.2) is 9.13 Å². The molecule has 0 aromatic rings. The van der Waals surface area contributed by atoms with Gasteiger partial charge in [-0.15, -0.1) is 0 Å². The summed E-state index contributed by atoms with van der Waals surface area (Å²) in [7, 11) is -9.89. The summed E-state index contributed by atoms with van der Waals surface area (Å²) in [4.78, 5) is 72.3. The van der Waals surface area contributed by atoms with E-state index in [1.807, 2.05) is 0 Å². The largest absolute Gasteiger partial charge is 0.472 e. The van der Waals surface area contributed by atoms with Crippen molar-refractivity contribution in [3.05, 3.63) is 0 Å². The molecule has 0 fully saturated rings. The van der Waals surface area contributed by atoms with Crippen molar-refractivity contribution in [2.45, 2.75) is 349 Å². The van der Waals surface area contributed by atoms with Crippen molar-refractivity contribution in [3.63, 3.8) is 0 Å². The number of ether oxygens (including phenoxy) is 4. The quantitative estimate of drug-likeness (QED) is 0.0222. The van der Waals surface area contributed by atoms with E-state index >= 15 is 0 Å². The molecule has 0 rings (SSSR count). The van der Waals surface area contributed by atoms with Gasteiger partial charge < -0.3 is 33.8 Å². The number of hydrogen-bond donors (Lipinski definition) is 3. The first-order chi connectivity index (χ1) is 40.9. The van der Waals surface area contributed by atoms with Crippen LogP contribution in [0.25, 0.3) is 0 Å². The Morgan fingerprint density at radius 2 is 0.600 bits per heavy atom. The summed E-state index contributed by atoms with van der Waals surface area (Å²) < 4.78 is 68.1. The number of phosphoric acid groups is 2. The second kappa shape index (κ2) is 58.4. The summed E-state index contributed by atoms with van der Waals surface area (Å²) in [5, 5.41) is 10.5. The Labute approximate surface area is 517 Å². The second-order valence-corrected chi connectivity index (χ2v) is 27.5. The summed E-state index contributed by atoms with van der Waals surface area (Å²) in [5.74, 6) is -0.687. The van der Waals surface area contributed by atoms with E-state index in [1.165, 1.54) is 148 Å². The average molecular weight is 1260 g/mol. The normalized spacial score (nSPS) is 14.6. The highest BCUT2D eigenvalue weighted by atomic mass is 31.2. The molecule has 17 nitrogen and oxygen atoms in total. The number of phosphoric ester groups is 2. The Balaban J connectivity index is 5.23. The molecule has 0 aliphatic carbocycles. The summed E-state index contributed by atoms with van der Waals surface area (Å²) in [6, 6.07) is 0. The van der Waals surface area contributed by atoms with Crippen LogP contribution in [0.2, 0.25) is 0 Å². The van der Waals surface area contributed by atoms with Crippen LogP contribution < -0.4 is 0 Å². The van der Waals surface area contributed by atoms with E-state index in [9.17, 15) is 43.2 Å². The molecule has 0 bridgehead atoms. The predicted octanol–water partition coefficient (Wildman–Crippen LogP) is 18.4. The number of rotatable bonds is 65. The van der Waals surface area contributed by atoms with E-state index in [1.54, 1.807) is 0 Å². The first kappa shape index (κ1) is 83.1. The standard InChI is InChI=1S/C66H128O17P2/c1-7-10-12-14-16-18-19-20-21-22-23-25-31-38-44-50-65(70)82-61(54-77-64(69)49-43-37-30-27-26-28-34-40-46-58(4)5)56-80-84(72,73)78-52-60(67)53-79-85(74,75)81-57-62(55-76-63(68)48-42-36-29-24-17-15-13-11-8-2)83-66(71)51-45-39-33-32-35-41-47-59(6)9-3/h58-62,67H,7-57H2,1-6H3,(H,72,73)(H,74,75)/t59?,60-,61-,62-/m1/s1. The molecule has 0 aliphatic heterocycles. The summed E-state index contributed by atoms with van der Waals surface area (Å²) in [6.07, 6.45) is 41.7. The lowest BCUT2D eigenvalue weighted by molar-refractivity contribution is -0.161. The van der Waals surface area contributed by atoms with Crippen molar-refractivity contribution in [2.75, 3.05) is 39.6 Å². The minimum absolute atomic E-state index is 0.103. The predicted molar refractivity (Wildman–Crippen MR) is 340 cm³/mol. The molecule has 504 valence electrons. The zero-order valence-electron chi connectivity index (χ0n) is 54.9. The molecule has 0 saturated heterocycles. The Kier molecular flexibility index (Phi) is 57.1. The van der Waals surface area contributed by atoms with Gasteiger partial charge in [-0.2, -0.15) is 0 Å². The number of aliphatic hydroxyl groups is 1. The van der Waals surface area contributed by atoms with Crippen molar-refractivity contribution < 1.29 is 80.2 Å². The van der Waals surface area contributed by atoms with Crippen LogP contribution in [0.1, 0.15) is 330 Å². The molecule has 0 aromatic carbocycles. The third-order valence-electron chi connectivity index (χ3n) is 15.6. The van der Waals surface area contributed by atoms with E-state index in [2.05, 4.69) is 41.5 Å². The van der Waals surface area contributed by atoms with Crippen LogP contribution in [-0.2, 0) is 65.4 Å². The maximum Gasteiger partial charge on any atom is 0.472 e. The van der Waals surface area contributed by atoms with Crippen LogP contribution >= 0.6 is 15.6 Å².